The van der Waals surface area contributed by atoms with Crippen LogP contribution in [0.1, 0.15) is 16.7 Å². The van der Waals surface area contributed by atoms with Gasteiger partial charge in [0.15, 0.2) is 0 Å². The summed E-state index contributed by atoms with van der Waals surface area (Å²) in [6.07, 6.45) is 3.69. The first kappa shape index (κ1) is 13.7. The molecule has 0 saturated heterocycles. The molecule has 1 heterocycles. The number of nitrogens with zero attached hydrogens (tertiary/aromatic N) is 1. The molecule has 0 radical (unpaired) electrons. The molecule has 1 N–H and O–H groups in total. The lowest BCUT2D eigenvalue weighted by molar-refractivity contribution is 0.691. The predicted molar refractivity (Wildman–Crippen MR) is 73.2 cm³/mol. The number of aryl methyl sites for hydroxylation is 1. The maximum atomic E-state index is 4.08. The average Bonchev–Trinajstić information content (AvgIpc) is 2.33. The Morgan fingerprint density at radius 1 is 1.00 bits per heavy atom. The highest BCUT2D eigenvalue weighted by Gasteiger charge is 1.93. The van der Waals surface area contributed by atoms with Crippen LogP contribution in [0.2, 0.25) is 0 Å². The van der Waals surface area contributed by atoms with Gasteiger partial charge in [-0.15, -0.1) is 12.4 Å². The molecular weight excluding hydrogens is 232 g/mol. The van der Waals surface area contributed by atoms with E-state index >= 15 is 0 Å². The van der Waals surface area contributed by atoms with Crippen molar-refractivity contribution in [1.82, 2.24) is 10.3 Å². The molecule has 1 aromatic carbocycles. The molecular formula is C14H17ClN2. The number of rotatable bonds is 4. The van der Waals surface area contributed by atoms with E-state index in [1.54, 1.807) is 6.20 Å². The quantitative estimate of drug-likeness (QED) is 0.900. The summed E-state index contributed by atoms with van der Waals surface area (Å²) in [6.45, 7) is 3.86. The van der Waals surface area contributed by atoms with Crippen molar-refractivity contribution >= 4 is 12.4 Å². The molecule has 2 rings (SSSR count). The zero-order chi connectivity index (χ0) is 11.2. The Morgan fingerprint density at radius 3 is 2.35 bits per heavy atom. The molecule has 0 atom stereocenters. The summed E-state index contributed by atoms with van der Waals surface area (Å²) in [5, 5.41) is 3.40. The third-order valence-corrected chi connectivity index (χ3v) is 2.50. The summed E-state index contributed by atoms with van der Waals surface area (Å²) in [4.78, 5) is 4.08. The van der Waals surface area contributed by atoms with Crippen LogP contribution < -0.4 is 5.32 Å². The van der Waals surface area contributed by atoms with Crippen LogP contribution in [0.3, 0.4) is 0 Å². The van der Waals surface area contributed by atoms with Gasteiger partial charge in [0.2, 0.25) is 0 Å². The lowest BCUT2D eigenvalue weighted by Crippen LogP contribution is -2.12. The molecule has 2 nitrogen and oxygen atoms in total. The second-order valence-electron chi connectivity index (χ2n) is 3.95. The highest BCUT2D eigenvalue weighted by Crippen LogP contribution is 2.03. The number of nitrogens with one attached hydrogen (secondary N) is 1. The molecule has 0 amide bonds. The molecule has 3 heteroatoms. The lowest BCUT2D eigenvalue weighted by atomic mass is 10.1. The summed E-state index contributed by atoms with van der Waals surface area (Å²) in [5.41, 5.74) is 3.83. The molecule has 0 aliphatic heterocycles. The van der Waals surface area contributed by atoms with Crippen molar-refractivity contribution in [2.24, 2.45) is 0 Å². The van der Waals surface area contributed by atoms with Gasteiger partial charge in [-0.05, 0) is 24.1 Å². The number of hydrogen-bond donors (Lipinski definition) is 1. The van der Waals surface area contributed by atoms with Crippen molar-refractivity contribution in [2.45, 2.75) is 20.0 Å². The average molecular weight is 249 g/mol. The molecule has 0 saturated carbocycles. The Morgan fingerprint density at radius 2 is 1.71 bits per heavy atom. The van der Waals surface area contributed by atoms with E-state index in [0.29, 0.717) is 0 Å². The summed E-state index contributed by atoms with van der Waals surface area (Å²) in [6, 6.07) is 12.6. The van der Waals surface area contributed by atoms with Crippen LogP contribution in [-0.2, 0) is 13.1 Å². The van der Waals surface area contributed by atoms with Crippen LogP contribution in [0.25, 0.3) is 0 Å². The SMILES string of the molecule is Cc1ccc(CNCc2cccnc2)cc1.Cl. The van der Waals surface area contributed by atoms with Crippen molar-refractivity contribution in [3.63, 3.8) is 0 Å². The molecule has 1 aromatic heterocycles. The van der Waals surface area contributed by atoms with Gasteiger partial charge in [0, 0.05) is 25.5 Å². The first-order chi connectivity index (χ1) is 7.84. The molecule has 0 aliphatic rings. The lowest BCUT2D eigenvalue weighted by Gasteiger charge is -2.05. The van der Waals surface area contributed by atoms with Crippen LogP contribution in [0.5, 0.6) is 0 Å². The van der Waals surface area contributed by atoms with Crippen molar-refractivity contribution < 1.29 is 0 Å². The summed E-state index contributed by atoms with van der Waals surface area (Å²) < 4.78 is 0. The van der Waals surface area contributed by atoms with E-state index in [4.69, 9.17) is 0 Å². The minimum absolute atomic E-state index is 0. The number of benzene rings is 1. The molecule has 90 valence electrons. The third kappa shape index (κ3) is 4.55. The molecule has 17 heavy (non-hydrogen) atoms. The van der Waals surface area contributed by atoms with Crippen LogP contribution in [-0.4, -0.2) is 4.98 Å². The summed E-state index contributed by atoms with van der Waals surface area (Å²) >= 11 is 0. The monoisotopic (exact) mass is 248 g/mol. The molecule has 0 aliphatic carbocycles. The van der Waals surface area contributed by atoms with Gasteiger partial charge in [-0.3, -0.25) is 4.98 Å². The fourth-order valence-electron chi connectivity index (χ4n) is 1.56. The topological polar surface area (TPSA) is 24.9 Å². The van der Waals surface area contributed by atoms with Gasteiger partial charge in [0.1, 0.15) is 0 Å². The van der Waals surface area contributed by atoms with E-state index in [-0.39, 0.29) is 12.4 Å². The van der Waals surface area contributed by atoms with E-state index in [2.05, 4.69) is 47.6 Å². The van der Waals surface area contributed by atoms with E-state index < -0.39 is 0 Å². The molecule has 0 unspecified atom stereocenters. The first-order valence-corrected chi connectivity index (χ1v) is 5.50. The first-order valence-electron chi connectivity index (χ1n) is 5.50. The fourth-order valence-corrected chi connectivity index (χ4v) is 1.56. The van der Waals surface area contributed by atoms with E-state index in [1.165, 1.54) is 16.7 Å². The van der Waals surface area contributed by atoms with Crippen LogP contribution in [0, 0.1) is 6.92 Å². The number of aromatic nitrogens is 1. The Hall–Kier alpha value is -1.38. The molecule has 0 bridgehead atoms. The minimum atomic E-state index is 0. The van der Waals surface area contributed by atoms with Crippen LogP contribution in [0.4, 0.5) is 0 Å². The van der Waals surface area contributed by atoms with E-state index in [9.17, 15) is 0 Å². The third-order valence-electron chi connectivity index (χ3n) is 2.50. The van der Waals surface area contributed by atoms with E-state index in [1.807, 2.05) is 12.3 Å². The van der Waals surface area contributed by atoms with Crippen molar-refractivity contribution in [2.75, 3.05) is 0 Å². The van der Waals surface area contributed by atoms with Crippen molar-refractivity contribution in [1.29, 1.82) is 0 Å². The van der Waals surface area contributed by atoms with Gasteiger partial charge < -0.3 is 5.32 Å². The van der Waals surface area contributed by atoms with Gasteiger partial charge in [0.05, 0.1) is 0 Å². The van der Waals surface area contributed by atoms with Gasteiger partial charge in [0.25, 0.3) is 0 Å². The Kier molecular flexibility index (Phi) is 5.67. The highest BCUT2D eigenvalue weighted by molar-refractivity contribution is 5.85. The maximum absolute atomic E-state index is 4.08. The van der Waals surface area contributed by atoms with E-state index in [0.717, 1.165) is 13.1 Å². The van der Waals surface area contributed by atoms with Crippen LogP contribution in [0.15, 0.2) is 48.8 Å². The fraction of sp³-hybridized carbons (Fsp3) is 0.214. The number of pyridine rings is 1. The summed E-state index contributed by atoms with van der Waals surface area (Å²) in [7, 11) is 0. The molecule has 0 fully saturated rings. The number of hydrogen-bond acceptors (Lipinski definition) is 2. The van der Waals surface area contributed by atoms with Crippen molar-refractivity contribution in [3.8, 4) is 0 Å². The zero-order valence-corrected chi connectivity index (χ0v) is 10.7. The standard InChI is InChI=1S/C14H16N2.ClH/c1-12-4-6-13(7-5-12)9-16-11-14-3-2-8-15-10-14;/h2-8,10,16H,9,11H2,1H3;1H. The summed E-state index contributed by atoms with van der Waals surface area (Å²) in [5.74, 6) is 0. The largest absolute Gasteiger partial charge is 0.309 e. The van der Waals surface area contributed by atoms with Gasteiger partial charge in [-0.25, -0.2) is 0 Å². The van der Waals surface area contributed by atoms with Crippen molar-refractivity contribution in [3.05, 3.63) is 65.5 Å². The van der Waals surface area contributed by atoms with Gasteiger partial charge >= 0.3 is 0 Å². The molecule has 2 aromatic rings. The minimum Gasteiger partial charge on any atom is -0.309 e. The number of halogens is 1. The Bertz CT molecular complexity index is 426. The second-order valence-corrected chi connectivity index (χ2v) is 3.95. The Balaban J connectivity index is 0.00000144. The normalized spacial score (nSPS) is 9.71. The Labute approximate surface area is 109 Å². The second kappa shape index (κ2) is 7.05. The molecule has 0 spiro atoms. The van der Waals surface area contributed by atoms with Gasteiger partial charge in [-0.2, -0.15) is 0 Å². The highest BCUT2D eigenvalue weighted by atomic mass is 35.5. The predicted octanol–water partition coefficient (Wildman–Crippen LogP) is 3.10. The maximum Gasteiger partial charge on any atom is 0.0312 e. The smallest absolute Gasteiger partial charge is 0.0312 e. The van der Waals surface area contributed by atoms with Gasteiger partial charge in [-0.1, -0.05) is 35.9 Å². The van der Waals surface area contributed by atoms with Crippen LogP contribution >= 0.6 is 12.4 Å². The zero-order valence-electron chi connectivity index (χ0n) is 9.89.